The van der Waals surface area contributed by atoms with E-state index in [1.165, 1.54) is 12.1 Å². The molecule has 1 aromatic carbocycles. The zero-order chi connectivity index (χ0) is 10.6. The summed E-state index contributed by atoms with van der Waals surface area (Å²) in [5, 5.41) is 19.2. The van der Waals surface area contributed by atoms with Crippen LogP contribution in [0.4, 0.5) is 5.69 Å². The van der Waals surface area contributed by atoms with Crippen molar-refractivity contribution in [1.82, 2.24) is 0 Å². The van der Waals surface area contributed by atoms with E-state index in [9.17, 15) is 9.59 Å². The van der Waals surface area contributed by atoms with Crippen molar-refractivity contribution < 1.29 is 19.8 Å². The predicted molar refractivity (Wildman–Crippen MR) is 48.6 cm³/mol. The van der Waals surface area contributed by atoms with Gasteiger partial charge in [-0.3, -0.25) is 4.79 Å². The molecule has 0 aromatic heterocycles. The van der Waals surface area contributed by atoms with Crippen LogP contribution in [0.1, 0.15) is 5.56 Å². The number of benzene rings is 1. The van der Waals surface area contributed by atoms with Gasteiger partial charge in [-0.1, -0.05) is 12.1 Å². The highest BCUT2D eigenvalue weighted by atomic mass is 16.4. The molecule has 1 amide bonds. The molecule has 0 radical (unpaired) electrons. The Bertz CT molecular complexity index is 344. The van der Waals surface area contributed by atoms with Gasteiger partial charge in [-0.2, -0.15) is 0 Å². The van der Waals surface area contributed by atoms with Crippen LogP contribution in [0.25, 0.3) is 0 Å². The van der Waals surface area contributed by atoms with E-state index in [0.29, 0.717) is 11.3 Å². The fourth-order valence-electron chi connectivity index (χ4n) is 0.878. The highest BCUT2D eigenvalue weighted by Crippen LogP contribution is 2.08. The molecule has 5 nitrogen and oxygen atoms in total. The summed E-state index contributed by atoms with van der Waals surface area (Å²) in [7, 11) is 0. The number of aliphatic hydroxyl groups excluding tert-OH is 1. The van der Waals surface area contributed by atoms with Gasteiger partial charge in [-0.05, 0) is 17.7 Å². The maximum atomic E-state index is 10.7. The fourth-order valence-corrected chi connectivity index (χ4v) is 0.878. The van der Waals surface area contributed by atoms with Crippen molar-refractivity contribution in [3.05, 3.63) is 29.8 Å². The summed E-state index contributed by atoms with van der Waals surface area (Å²) >= 11 is 0. The number of rotatable bonds is 2. The maximum Gasteiger partial charge on any atom is 0.394 e. The van der Waals surface area contributed by atoms with Crippen molar-refractivity contribution >= 4 is 17.6 Å². The largest absolute Gasteiger partial charge is 0.474 e. The SMILES string of the molecule is O=C(O)C(=O)Nc1ccc(CO)cc1. The van der Waals surface area contributed by atoms with Crippen LogP contribution in [0.3, 0.4) is 0 Å². The van der Waals surface area contributed by atoms with Crippen molar-refractivity contribution in [3.63, 3.8) is 0 Å². The van der Waals surface area contributed by atoms with Gasteiger partial charge in [0.2, 0.25) is 0 Å². The lowest BCUT2D eigenvalue weighted by Crippen LogP contribution is -2.21. The van der Waals surface area contributed by atoms with Crippen molar-refractivity contribution in [3.8, 4) is 0 Å². The fraction of sp³-hybridized carbons (Fsp3) is 0.111. The molecule has 0 aliphatic rings. The predicted octanol–water partition coefficient (Wildman–Crippen LogP) is 0.202. The summed E-state index contributed by atoms with van der Waals surface area (Å²) in [5.74, 6) is -2.61. The topological polar surface area (TPSA) is 86.6 Å². The zero-order valence-corrected chi connectivity index (χ0v) is 7.23. The van der Waals surface area contributed by atoms with Crippen molar-refractivity contribution in [1.29, 1.82) is 0 Å². The van der Waals surface area contributed by atoms with Gasteiger partial charge in [-0.25, -0.2) is 4.79 Å². The van der Waals surface area contributed by atoms with Gasteiger partial charge in [0.05, 0.1) is 6.61 Å². The number of aliphatic hydroxyl groups is 1. The van der Waals surface area contributed by atoms with E-state index in [0.717, 1.165) is 0 Å². The third kappa shape index (κ3) is 2.56. The van der Waals surface area contributed by atoms with Crippen LogP contribution in [0.5, 0.6) is 0 Å². The number of aliphatic carboxylic acids is 1. The molecule has 5 heteroatoms. The van der Waals surface area contributed by atoms with Gasteiger partial charge in [0.1, 0.15) is 0 Å². The molecule has 0 aliphatic carbocycles. The minimum atomic E-state index is -1.53. The molecule has 0 spiro atoms. The van der Waals surface area contributed by atoms with Crippen LogP contribution in [0.2, 0.25) is 0 Å². The third-order valence-electron chi connectivity index (χ3n) is 1.59. The van der Waals surface area contributed by atoms with Crippen LogP contribution >= 0.6 is 0 Å². The van der Waals surface area contributed by atoms with E-state index >= 15 is 0 Å². The van der Waals surface area contributed by atoms with E-state index < -0.39 is 11.9 Å². The Balaban J connectivity index is 2.69. The summed E-state index contributed by atoms with van der Waals surface area (Å²) < 4.78 is 0. The number of amides is 1. The van der Waals surface area contributed by atoms with E-state index in [1.54, 1.807) is 12.1 Å². The number of carbonyl (C=O) groups excluding carboxylic acids is 1. The Hall–Kier alpha value is -1.88. The number of hydrogen-bond acceptors (Lipinski definition) is 3. The van der Waals surface area contributed by atoms with Gasteiger partial charge in [0.25, 0.3) is 0 Å². The molecular formula is C9H9NO4. The molecule has 0 heterocycles. The molecule has 74 valence electrons. The molecular weight excluding hydrogens is 186 g/mol. The zero-order valence-electron chi connectivity index (χ0n) is 7.23. The minimum Gasteiger partial charge on any atom is -0.474 e. The van der Waals surface area contributed by atoms with Crippen molar-refractivity contribution in [2.75, 3.05) is 5.32 Å². The lowest BCUT2D eigenvalue weighted by atomic mass is 10.2. The second kappa shape index (κ2) is 4.38. The third-order valence-corrected chi connectivity index (χ3v) is 1.59. The van der Waals surface area contributed by atoms with Gasteiger partial charge < -0.3 is 15.5 Å². The van der Waals surface area contributed by atoms with Gasteiger partial charge in [-0.15, -0.1) is 0 Å². The molecule has 0 atom stereocenters. The van der Waals surface area contributed by atoms with E-state index in [4.69, 9.17) is 10.2 Å². The second-order valence-electron chi connectivity index (χ2n) is 2.61. The average molecular weight is 195 g/mol. The molecule has 0 unspecified atom stereocenters. The van der Waals surface area contributed by atoms with E-state index in [2.05, 4.69) is 5.32 Å². The number of carboxylic acid groups (broad SMARTS) is 1. The molecule has 0 bridgehead atoms. The number of carbonyl (C=O) groups is 2. The summed E-state index contributed by atoms with van der Waals surface area (Å²) in [4.78, 5) is 20.9. The molecule has 0 saturated heterocycles. The van der Waals surface area contributed by atoms with Gasteiger partial charge >= 0.3 is 11.9 Å². The Kier molecular flexibility index (Phi) is 3.19. The van der Waals surface area contributed by atoms with Crippen molar-refractivity contribution in [2.24, 2.45) is 0 Å². The number of hydrogen-bond donors (Lipinski definition) is 3. The number of anilines is 1. The average Bonchev–Trinajstić information content (AvgIpc) is 2.19. The Morgan fingerprint density at radius 2 is 1.79 bits per heavy atom. The Labute approximate surface area is 80.0 Å². The highest BCUT2D eigenvalue weighted by molar-refractivity contribution is 6.36. The maximum absolute atomic E-state index is 10.7. The molecule has 3 N–H and O–H groups in total. The first-order valence-electron chi connectivity index (χ1n) is 3.87. The summed E-state index contributed by atoms with van der Waals surface area (Å²) in [5.41, 5.74) is 1.08. The molecule has 0 aliphatic heterocycles. The summed E-state index contributed by atoms with van der Waals surface area (Å²) in [6.45, 7) is -0.0901. The van der Waals surface area contributed by atoms with E-state index in [-0.39, 0.29) is 6.61 Å². The first kappa shape index (κ1) is 10.2. The molecule has 1 aromatic rings. The standard InChI is InChI=1S/C9H9NO4/c11-5-6-1-3-7(4-2-6)10-8(12)9(13)14/h1-4,11H,5H2,(H,10,12)(H,13,14). The lowest BCUT2D eigenvalue weighted by molar-refractivity contribution is -0.147. The monoisotopic (exact) mass is 195 g/mol. The molecule has 0 saturated carbocycles. The lowest BCUT2D eigenvalue weighted by Gasteiger charge is -2.02. The Morgan fingerprint density at radius 3 is 2.21 bits per heavy atom. The van der Waals surface area contributed by atoms with E-state index in [1.807, 2.05) is 0 Å². The number of nitrogens with one attached hydrogen (secondary N) is 1. The normalized spacial score (nSPS) is 9.50. The first-order chi connectivity index (χ1) is 6.63. The van der Waals surface area contributed by atoms with Gasteiger partial charge in [0.15, 0.2) is 0 Å². The highest BCUT2D eigenvalue weighted by Gasteiger charge is 2.10. The van der Waals surface area contributed by atoms with Crippen LogP contribution in [-0.4, -0.2) is 22.1 Å². The van der Waals surface area contributed by atoms with Crippen molar-refractivity contribution in [2.45, 2.75) is 6.61 Å². The van der Waals surface area contributed by atoms with Crippen LogP contribution < -0.4 is 5.32 Å². The Morgan fingerprint density at radius 1 is 1.21 bits per heavy atom. The van der Waals surface area contributed by atoms with Gasteiger partial charge in [0, 0.05) is 5.69 Å². The van der Waals surface area contributed by atoms with Crippen LogP contribution in [0.15, 0.2) is 24.3 Å². The molecule has 1 rings (SSSR count). The van der Waals surface area contributed by atoms with Crippen LogP contribution in [-0.2, 0) is 16.2 Å². The summed E-state index contributed by atoms with van der Waals surface area (Å²) in [6, 6.07) is 6.23. The molecule has 14 heavy (non-hydrogen) atoms. The quantitative estimate of drug-likeness (QED) is 0.588. The molecule has 0 fully saturated rings. The number of carboxylic acids is 1. The van der Waals surface area contributed by atoms with Crippen LogP contribution in [0, 0.1) is 0 Å². The minimum absolute atomic E-state index is 0.0901. The first-order valence-corrected chi connectivity index (χ1v) is 3.87. The second-order valence-corrected chi connectivity index (χ2v) is 2.61. The summed E-state index contributed by atoms with van der Waals surface area (Å²) in [6.07, 6.45) is 0. The smallest absolute Gasteiger partial charge is 0.394 e.